The number of hydrogen-bond acceptors (Lipinski definition) is 11. The lowest BCUT2D eigenvalue weighted by molar-refractivity contribution is -0.298. The molecule has 8 atom stereocenters. The molecule has 8 unspecified atom stereocenters. The fourth-order valence-electron chi connectivity index (χ4n) is 9.17. The molecule has 394 valence electrons. The number of hydrogen-bond donors (Lipinski definition) is 7. The monoisotopic (exact) mass is 966 g/mol. The van der Waals surface area contributed by atoms with Crippen LogP contribution in [0.5, 0.6) is 0 Å². The van der Waals surface area contributed by atoms with Gasteiger partial charge in [-0.15, -0.1) is 0 Å². The highest BCUT2D eigenvalue weighted by atomic mass is 32.3. The summed E-state index contributed by atoms with van der Waals surface area (Å²) in [4.78, 5) is 13.2. The van der Waals surface area contributed by atoms with Crippen molar-refractivity contribution in [3.05, 3.63) is 0 Å². The summed E-state index contributed by atoms with van der Waals surface area (Å²) < 4.78 is 47.8. The predicted molar refractivity (Wildman–Crippen MR) is 265 cm³/mol. The molecule has 0 aromatic rings. The zero-order chi connectivity index (χ0) is 48.5. The van der Waals surface area contributed by atoms with Crippen LogP contribution in [0.1, 0.15) is 264 Å². The zero-order valence-electron chi connectivity index (χ0n) is 42.2. The van der Waals surface area contributed by atoms with E-state index >= 15 is 0 Å². The van der Waals surface area contributed by atoms with Crippen LogP contribution in [-0.4, -0.2) is 107 Å². The maximum atomic E-state index is 13.2. The Morgan fingerprint density at radius 3 is 1.21 bits per heavy atom. The van der Waals surface area contributed by atoms with Crippen molar-refractivity contribution in [2.75, 3.05) is 13.2 Å². The molecule has 0 saturated carbocycles. The van der Waals surface area contributed by atoms with Crippen LogP contribution in [0.15, 0.2) is 0 Å². The SMILES string of the molecule is CCCCCCCCCCCCCCCCCCCCCCC(O)C(=O)NC(COC1OC(CO)C(O)C(OS(=O)(=O)O)C1O)C(O)CCCCCCCCCCCCCCCCCCC. The molecule has 7 N–H and O–H groups in total. The first kappa shape index (κ1) is 63.1. The lowest BCUT2D eigenvalue weighted by Gasteiger charge is -2.41. The normalized spacial score (nSPS) is 20.4. The van der Waals surface area contributed by atoms with Gasteiger partial charge in [0.15, 0.2) is 6.29 Å². The number of ether oxygens (including phenoxy) is 2. The summed E-state index contributed by atoms with van der Waals surface area (Å²) in [5.74, 6) is -0.663. The standard InChI is InChI=1S/C52H103NO12S/c1-3-5-7-9-11-13-15-17-19-21-22-23-25-27-29-31-33-35-37-39-41-46(56)51(59)53-44(43-63-52-49(58)50(65-66(60,61)62)48(57)47(42-54)64-52)45(55)40-38-36-34-32-30-28-26-24-20-18-16-14-12-10-8-6-4-2/h44-50,52,54-58H,3-43H2,1-2H3,(H,53,59)(H,60,61,62). The molecule has 13 nitrogen and oxygen atoms in total. The summed E-state index contributed by atoms with van der Waals surface area (Å²) in [7, 11) is -5.11. The van der Waals surface area contributed by atoms with Crippen LogP contribution >= 0.6 is 0 Å². The first-order valence-corrected chi connectivity index (χ1v) is 28.9. The van der Waals surface area contributed by atoms with E-state index < -0.39 is 78.5 Å². The molecule has 1 saturated heterocycles. The Morgan fingerprint density at radius 1 is 0.545 bits per heavy atom. The van der Waals surface area contributed by atoms with Gasteiger partial charge in [-0.3, -0.25) is 9.35 Å². The van der Waals surface area contributed by atoms with E-state index in [0.29, 0.717) is 19.3 Å². The molecule has 1 aliphatic heterocycles. The molecular weight excluding hydrogens is 863 g/mol. The van der Waals surface area contributed by atoms with Crippen molar-refractivity contribution in [3.63, 3.8) is 0 Å². The number of rotatable bonds is 48. The Labute approximate surface area is 403 Å². The van der Waals surface area contributed by atoms with Gasteiger partial charge < -0.3 is 40.3 Å². The largest absolute Gasteiger partial charge is 0.397 e. The second-order valence-electron chi connectivity index (χ2n) is 19.7. The van der Waals surface area contributed by atoms with Crippen molar-refractivity contribution in [1.29, 1.82) is 0 Å². The van der Waals surface area contributed by atoms with Crippen molar-refractivity contribution < 1.29 is 57.0 Å². The summed E-state index contributed by atoms with van der Waals surface area (Å²) >= 11 is 0. The summed E-state index contributed by atoms with van der Waals surface area (Å²) in [5.41, 5.74) is 0. The first-order chi connectivity index (χ1) is 31.9. The number of carbonyl (C=O) groups excluding carboxylic acids is 1. The molecule has 0 bridgehead atoms. The number of nitrogens with one attached hydrogen (secondary N) is 1. The second kappa shape index (κ2) is 42.9. The fourth-order valence-corrected chi connectivity index (χ4v) is 9.68. The minimum absolute atomic E-state index is 0.267. The number of amides is 1. The van der Waals surface area contributed by atoms with Gasteiger partial charge in [-0.05, 0) is 12.8 Å². The van der Waals surface area contributed by atoms with E-state index in [0.717, 1.165) is 38.5 Å². The molecule has 14 heteroatoms. The Hall–Kier alpha value is -0.940. The number of aliphatic hydroxyl groups excluding tert-OH is 5. The third-order valence-corrected chi connectivity index (χ3v) is 14.0. The summed E-state index contributed by atoms with van der Waals surface area (Å²) in [5, 5.41) is 55.6. The van der Waals surface area contributed by atoms with Crippen LogP contribution in [0.25, 0.3) is 0 Å². The lowest BCUT2D eigenvalue weighted by Crippen LogP contribution is -2.61. The van der Waals surface area contributed by atoms with E-state index in [2.05, 4.69) is 23.3 Å². The topological polar surface area (TPSA) is 212 Å². The van der Waals surface area contributed by atoms with Crippen LogP contribution in [0.3, 0.4) is 0 Å². The Bertz CT molecular complexity index is 1200. The maximum Gasteiger partial charge on any atom is 0.397 e. The molecule has 66 heavy (non-hydrogen) atoms. The molecule has 0 radical (unpaired) electrons. The van der Waals surface area contributed by atoms with Crippen LogP contribution in [0, 0.1) is 0 Å². The molecule has 1 fully saturated rings. The van der Waals surface area contributed by atoms with E-state index in [-0.39, 0.29) is 6.42 Å². The molecule has 0 aromatic carbocycles. The molecule has 0 spiro atoms. The molecule has 0 aromatic heterocycles. The zero-order valence-corrected chi connectivity index (χ0v) is 43.0. The highest BCUT2D eigenvalue weighted by molar-refractivity contribution is 7.80. The van der Waals surface area contributed by atoms with Crippen molar-refractivity contribution in [1.82, 2.24) is 5.32 Å². The lowest BCUT2D eigenvalue weighted by atomic mass is 9.99. The van der Waals surface area contributed by atoms with Gasteiger partial charge in [-0.25, -0.2) is 4.18 Å². The van der Waals surface area contributed by atoms with Gasteiger partial charge in [-0.1, -0.05) is 251 Å². The Kier molecular flexibility index (Phi) is 41.0. The summed E-state index contributed by atoms with van der Waals surface area (Å²) in [6.07, 6.45) is 35.6. The van der Waals surface area contributed by atoms with Crippen molar-refractivity contribution in [2.24, 2.45) is 0 Å². The van der Waals surface area contributed by atoms with Gasteiger partial charge >= 0.3 is 10.4 Å². The van der Waals surface area contributed by atoms with E-state index in [1.54, 1.807) is 0 Å². The van der Waals surface area contributed by atoms with Gasteiger partial charge in [0.05, 0.1) is 25.4 Å². The van der Waals surface area contributed by atoms with Gasteiger partial charge in [-0.2, -0.15) is 8.42 Å². The highest BCUT2D eigenvalue weighted by Crippen LogP contribution is 2.26. The Morgan fingerprint density at radius 2 is 0.879 bits per heavy atom. The Balaban J connectivity index is 2.43. The van der Waals surface area contributed by atoms with Gasteiger partial charge in [0.1, 0.15) is 30.5 Å². The first-order valence-electron chi connectivity index (χ1n) is 27.5. The molecule has 0 aliphatic carbocycles. The van der Waals surface area contributed by atoms with Crippen molar-refractivity contribution in [2.45, 2.75) is 313 Å². The third-order valence-electron chi connectivity index (χ3n) is 13.5. The molecule has 1 heterocycles. The fraction of sp³-hybridized carbons (Fsp3) is 0.981. The number of unbranched alkanes of at least 4 members (excludes halogenated alkanes) is 35. The van der Waals surface area contributed by atoms with Crippen LogP contribution in [-0.2, 0) is 28.9 Å². The van der Waals surface area contributed by atoms with Gasteiger partial charge in [0, 0.05) is 0 Å². The van der Waals surface area contributed by atoms with Crippen molar-refractivity contribution in [3.8, 4) is 0 Å². The molecule has 1 amide bonds. The number of aliphatic hydroxyl groups is 5. The molecule has 1 rings (SSSR count). The quantitative estimate of drug-likeness (QED) is 0.0224. The van der Waals surface area contributed by atoms with Crippen molar-refractivity contribution >= 4 is 16.3 Å². The third kappa shape index (κ3) is 34.4. The average Bonchev–Trinajstić information content (AvgIpc) is 3.29. The summed E-state index contributed by atoms with van der Waals surface area (Å²) in [6, 6.07) is -1.03. The smallest absolute Gasteiger partial charge is 0.394 e. The van der Waals surface area contributed by atoms with Gasteiger partial charge in [0.2, 0.25) is 5.91 Å². The van der Waals surface area contributed by atoms with E-state index in [4.69, 9.17) is 9.47 Å². The van der Waals surface area contributed by atoms with Crippen LogP contribution < -0.4 is 5.32 Å². The molecular formula is C52H103NO12S. The highest BCUT2D eigenvalue weighted by Gasteiger charge is 2.48. The van der Waals surface area contributed by atoms with E-state index in [9.17, 15) is 43.3 Å². The van der Waals surface area contributed by atoms with Crippen LogP contribution in [0.2, 0.25) is 0 Å². The van der Waals surface area contributed by atoms with Crippen LogP contribution in [0.4, 0.5) is 0 Å². The summed E-state index contributed by atoms with van der Waals surface area (Å²) in [6.45, 7) is 3.33. The maximum absolute atomic E-state index is 13.2. The van der Waals surface area contributed by atoms with E-state index in [1.807, 2.05) is 0 Å². The van der Waals surface area contributed by atoms with E-state index in [1.165, 1.54) is 186 Å². The average molecular weight is 966 g/mol. The number of carbonyl (C=O) groups is 1. The second-order valence-corrected chi connectivity index (χ2v) is 20.7. The minimum atomic E-state index is -5.11. The molecule has 1 aliphatic rings. The van der Waals surface area contributed by atoms with Gasteiger partial charge in [0.25, 0.3) is 0 Å². The predicted octanol–water partition coefficient (Wildman–Crippen LogP) is 11.1. The minimum Gasteiger partial charge on any atom is -0.394 e.